The van der Waals surface area contributed by atoms with E-state index in [4.69, 9.17) is 9.47 Å². The highest BCUT2D eigenvalue weighted by molar-refractivity contribution is 6.14. The summed E-state index contributed by atoms with van der Waals surface area (Å²) in [5.74, 6) is 1.88. The molecule has 0 heterocycles. The van der Waals surface area contributed by atoms with Crippen molar-refractivity contribution in [3.05, 3.63) is 119 Å². The van der Waals surface area contributed by atoms with Crippen LogP contribution in [0.4, 0.5) is 0 Å². The molecule has 55 heavy (non-hydrogen) atoms. The van der Waals surface area contributed by atoms with E-state index in [-0.39, 0.29) is 5.41 Å². The zero-order chi connectivity index (χ0) is 38.4. The van der Waals surface area contributed by atoms with Gasteiger partial charge in [0.2, 0.25) is 0 Å². The number of unbranched alkanes of at least 4 members (excludes halogenated alkanes) is 6. The lowest BCUT2D eigenvalue weighted by Crippen LogP contribution is -2.25. The van der Waals surface area contributed by atoms with E-state index in [9.17, 15) is 0 Å². The summed E-state index contributed by atoms with van der Waals surface area (Å²) in [6.45, 7) is 15.0. The molecule has 6 aromatic rings. The Hall–Kier alpha value is -4.56. The summed E-state index contributed by atoms with van der Waals surface area (Å²) >= 11 is 0. The van der Waals surface area contributed by atoms with Crippen molar-refractivity contribution in [1.82, 2.24) is 0 Å². The second-order valence-electron chi connectivity index (χ2n) is 16.2. The number of hydrogen-bond acceptors (Lipinski definition) is 2. The summed E-state index contributed by atoms with van der Waals surface area (Å²) in [6, 6.07) is 37.1. The van der Waals surface area contributed by atoms with Crippen LogP contribution in [0.5, 0.6) is 11.5 Å². The van der Waals surface area contributed by atoms with Crippen molar-refractivity contribution in [2.75, 3.05) is 13.2 Å². The minimum Gasteiger partial charge on any atom is -0.493 e. The quantitative estimate of drug-likeness (QED) is 0.0820. The Labute approximate surface area is 331 Å². The third-order valence-electron chi connectivity index (χ3n) is 12.2. The normalized spacial score (nSPS) is 13.0. The summed E-state index contributed by atoms with van der Waals surface area (Å²) in [5, 5.41) is 4.92. The first kappa shape index (κ1) is 38.7. The van der Waals surface area contributed by atoms with Crippen LogP contribution in [0.2, 0.25) is 0 Å². The molecule has 0 aromatic heterocycles. The summed E-state index contributed by atoms with van der Waals surface area (Å²) in [6.07, 6.45) is 14.1. The molecule has 0 N–H and O–H groups in total. The predicted molar refractivity (Wildman–Crippen MR) is 237 cm³/mol. The molecule has 0 saturated heterocycles. The molecule has 0 unspecified atom stereocenters. The smallest absolute Gasteiger partial charge is 0.128 e. The van der Waals surface area contributed by atoms with Crippen LogP contribution in [-0.2, 0) is 5.41 Å². The van der Waals surface area contributed by atoms with Gasteiger partial charge in [-0.2, -0.15) is 0 Å². The third kappa shape index (κ3) is 7.54. The van der Waals surface area contributed by atoms with Crippen molar-refractivity contribution in [1.29, 1.82) is 0 Å². The highest BCUT2D eigenvalue weighted by Crippen LogP contribution is 2.56. The molecule has 286 valence electrons. The first-order valence-electron chi connectivity index (χ1n) is 21.6. The predicted octanol–water partition coefficient (Wildman–Crippen LogP) is 15.7. The highest BCUT2D eigenvalue weighted by Gasteiger charge is 2.42. The van der Waals surface area contributed by atoms with Gasteiger partial charge in [-0.15, -0.1) is 0 Å². The minimum absolute atomic E-state index is 0.0266. The zero-order valence-corrected chi connectivity index (χ0v) is 34.5. The molecule has 0 radical (unpaired) electrons. The molecule has 0 aliphatic heterocycles. The van der Waals surface area contributed by atoms with Gasteiger partial charge >= 0.3 is 0 Å². The van der Waals surface area contributed by atoms with Gasteiger partial charge in [-0.25, -0.2) is 0 Å². The molecule has 0 bridgehead atoms. The van der Waals surface area contributed by atoms with Crippen LogP contribution < -0.4 is 9.47 Å². The lowest BCUT2D eigenvalue weighted by molar-refractivity contribution is 0.306. The molecule has 0 fully saturated rings. The van der Waals surface area contributed by atoms with Gasteiger partial charge in [-0.1, -0.05) is 163 Å². The number of aryl methyl sites for hydroxylation is 2. The summed E-state index contributed by atoms with van der Waals surface area (Å²) < 4.78 is 13.6. The molecule has 0 atom stereocenters. The Bertz CT molecular complexity index is 2250. The zero-order valence-electron chi connectivity index (χ0n) is 34.5. The molecular weight excluding hydrogens is 669 g/mol. The van der Waals surface area contributed by atoms with Gasteiger partial charge in [0.15, 0.2) is 0 Å². The van der Waals surface area contributed by atoms with Crippen molar-refractivity contribution < 1.29 is 9.47 Å². The van der Waals surface area contributed by atoms with Crippen molar-refractivity contribution in [3.8, 4) is 44.9 Å². The van der Waals surface area contributed by atoms with Gasteiger partial charge in [-0.05, 0) is 118 Å². The minimum atomic E-state index is 0.0266. The first-order valence-corrected chi connectivity index (χ1v) is 21.6. The fourth-order valence-electron chi connectivity index (χ4n) is 9.30. The van der Waals surface area contributed by atoms with Crippen LogP contribution in [0.3, 0.4) is 0 Å². The Balaban J connectivity index is 1.48. The fourth-order valence-corrected chi connectivity index (χ4v) is 9.30. The van der Waals surface area contributed by atoms with Crippen molar-refractivity contribution in [2.24, 2.45) is 0 Å². The lowest BCUT2D eigenvalue weighted by atomic mass is 9.70. The topological polar surface area (TPSA) is 18.5 Å². The maximum Gasteiger partial charge on any atom is 0.128 e. The number of rotatable bonds is 18. The van der Waals surface area contributed by atoms with E-state index < -0.39 is 0 Å². The number of hydrogen-bond donors (Lipinski definition) is 0. The van der Waals surface area contributed by atoms with Crippen LogP contribution in [0.1, 0.15) is 127 Å². The lowest BCUT2D eigenvalue weighted by Gasteiger charge is -2.33. The van der Waals surface area contributed by atoms with Crippen molar-refractivity contribution >= 4 is 21.5 Å². The molecule has 0 saturated carbocycles. The molecule has 0 amide bonds. The second-order valence-corrected chi connectivity index (χ2v) is 16.2. The molecule has 0 spiro atoms. The standard InChI is InChI=1S/C53H62O2/c1-7-11-19-29-53(30-20-12-8-2)47-33-37(5)25-27-42(47)43-28-26-39(35-48(43)53)46-36-50(55-32-14-10-4)52(45-24-18-16-22-41(45)46)51-44-23-17-15-21-40(44)38(6)34-49(51)54-31-13-9-3/h15-18,21-28,33-36H,7-14,19-20,29-32H2,1-6H3. The molecule has 2 heteroatoms. The third-order valence-corrected chi connectivity index (χ3v) is 12.2. The Morgan fingerprint density at radius 2 is 0.964 bits per heavy atom. The maximum absolute atomic E-state index is 6.93. The first-order chi connectivity index (χ1) is 26.9. The summed E-state index contributed by atoms with van der Waals surface area (Å²) in [5.41, 5.74) is 13.3. The van der Waals surface area contributed by atoms with E-state index in [1.807, 2.05) is 0 Å². The van der Waals surface area contributed by atoms with Gasteiger partial charge in [0, 0.05) is 16.5 Å². The van der Waals surface area contributed by atoms with E-state index in [1.54, 1.807) is 5.56 Å². The SMILES string of the molecule is CCCCCC1(CCCCC)c2cc(C)ccc2-c2ccc(-c3cc(OCCCC)c(-c4c(OCCCC)cc(C)c5ccccc45)c4ccccc34)cc21. The van der Waals surface area contributed by atoms with Crippen LogP contribution in [0.25, 0.3) is 54.9 Å². The van der Waals surface area contributed by atoms with Crippen LogP contribution >= 0.6 is 0 Å². The van der Waals surface area contributed by atoms with E-state index >= 15 is 0 Å². The summed E-state index contributed by atoms with van der Waals surface area (Å²) in [7, 11) is 0. The molecule has 2 nitrogen and oxygen atoms in total. The molecular formula is C53H62O2. The monoisotopic (exact) mass is 730 g/mol. The Kier molecular flexibility index (Phi) is 12.3. The van der Waals surface area contributed by atoms with Gasteiger partial charge in [0.25, 0.3) is 0 Å². The molecule has 1 aliphatic rings. The average molecular weight is 731 g/mol. The average Bonchev–Trinajstić information content (AvgIpc) is 3.46. The fraction of sp³-hybridized carbons (Fsp3) is 0.396. The van der Waals surface area contributed by atoms with Gasteiger partial charge in [-0.3, -0.25) is 0 Å². The van der Waals surface area contributed by atoms with Crippen LogP contribution in [0, 0.1) is 13.8 Å². The van der Waals surface area contributed by atoms with Gasteiger partial charge in [0.05, 0.1) is 13.2 Å². The van der Waals surface area contributed by atoms with Gasteiger partial charge < -0.3 is 9.47 Å². The van der Waals surface area contributed by atoms with E-state index in [0.29, 0.717) is 13.2 Å². The number of ether oxygens (including phenoxy) is 2. The second kappa shape index (κ2) is 17.5. The van der Waals surface area contributed by atoms with Crippen LogP contribution in [0.15, 0.2) is 97.1 Å². The number of fused-ring (bicyclic) bond motifs is 5. The number of benzene rings is 6. The largest absolute Gasteiger partial charge is 0.493 e. The molecule has 1 aliphatic carbocycles. The Morgan fingerprint density at radius 3 is 1.56 bits per heavy atom. The van der Waals surface area contributed by atoms with E-state index in [0.717, 1.165) is 48.3 Å². The Morgan fingerprint density at radius 1 is 0.455 bits per heavy atom. The van der Waals surface area contributed by atoms with Crippen molar-refractivity contribution in [2.45, 2.75) is 124 Å². The van der Waals surface area contributed by atoms with E-state index in [1.165, 1.54) is 112 Å². The van der Waals surface area contributed by atoms with Gasteiger partial charge in [0.1, 0.15) is 11.5 Å². The molecule has 7 rings (SSSR count). The van der Waals surface area contributed by atoms with Crippen molar-refractivity contribution in [3.63, 3.8) is 0 Å². The van der Waals surface area contributed by atoms with E-state index in [2.05, 4.69) is 139 Å². The maximum atomic E-state index is 6.93. The molecule has 6 aromatic carbocycles. The highest BCUT2D eigenvalue weighted by atomic mass is 16.5. The van der Waals surface area contributed by atoms with Crippen LogP contribution in [-0.4, -0.2) is 13.2 Å². The summed E-state index contributed by atoms with van der Waals surface area (Å²) in [4.78, 5) is 0.